The van der Waals surface area contributed by atoms with Crippen molar-refractivity contribution in [1.29, 1.82) is 0 Å². The Kier molecular flexibility index (Phi) is 3.87. The van der Waals surface area contributed by atoms with Gasteiger partial charge in [0.15, 0.2) is 0 Å². The summed E-state index contributed by atoms with van der Waals surface area (Å²) >= 11 is 0. The zero-order valence-electron chi connectivity index (χ0n) is 13.4. The standard InChI is InChI=1S/C22H19NO/c24-22(21-15-20(21)18-9-5-2-6-10-18)23-19-13-11-17(12-14-19)16-7-3-1-4-8-16/h1-14,20-21H,15H2,(H,23,24)/t20-,21-/m1/s1. The molecule has 3 aromatic rings. The number of hydrogen-bond acceptors (Lipinski definition) is 1. The van der Waals surface area contributed by atoms with Gasteiger partial charge in [-0.25, -0.2) is 0 Å². The number of hydrogen-bond donors (Lipinski definition) is 1. The lowest BCUT2D eigenvalue weighted by molar-refractivity contribution is -0.117. The molecule has 4 rings (SSSR count). The normalized spacial score (nSPS) is 18.8. The number of carbonyl (C=O) groups is 1. The molecule has 1 amide bonds. The molecule has 118 valence electrons. The predicted octanol–water partition coefficient (Wildman–Crippen LogP) is 5.10. The quantitative estimate of drug-likeness (QED) is 0.713. The minimum atomic E-state index is 0.0983. The highest BCUT2D eigenvalue weighted by molar-refractivity contribution is 5.95. The SMILES string of the molecule is O=C(Nc1ccc(-c2ccccc2)cc1)[C@@H]1C[C@@H]1c1ccccc1. The van der Waals surface area contributed by atoms with Gasteiger partial charge in [0.2, 0.25) is 5.91 Å². The second-order valence-electron chi connectivity index (χ2n) is 6.29. The van der Waals surface area contributed by atoms with Crippen LogP contribution in [0.15, 0.2) is 84.9 Å². The Morgan fingerprint density at radius 3 is 2.00 bits per heavy atom. The molecule has 0 radical (unpaired) electrons. The van der Waals surface area contributed by atoms with Crippen LogP contribution < -0.4 is 5.32 Å². The molecule has 1 saturated carbocycles. The van der Waals surface area contributed by atoms with Gasteiger partial charge in [-0.1, -0.05) is 72.8 Å². The molecular formula is C22H19NO. The Morgan fingerprint density at radius 2 is 1.33 bits per heavy atom. The van der Waals surface area contributed by atoms with E-state index in [9.17, 15) is 4.79 Å². The molecule has 24 heavy (non-hydrogen) atoms. The minimum absolute atomic E-state index is 0.0983. The zero-order chi connectivity index (χ0) is 16.4. The van der Waals surface area contributed by atoms with Crippen molar-refractivity contribution in [3.05, 3.63) is 90.5 Å². The number of carbonyl (C=O) groups excluding carboxylic acids is 1. The van der Waals surface area contributed by atoms with Gasteiger partial charge in [-0.05, 0) is 41.2 Å². The molecule has 0 aliphatic heterocycles. The topological polar surface area (TPSA) is 29.1 Å². The summed E-state index contributed by atoms with van der Waals surface area (Å²) in [5, 5.41) is 3.04. The Morgan fingerprint density at radius 1 is 0.750 bits per heavy atom. The molecule has 0 heterocycles. The highest BCUT2D eigenvalue weighted by atomic mass is 16.2. The second-order valence-corrected chi connectivity index (χ2v) is 6.29. The number of nitrogens with one attached hydrogen (secondary N) is 1. The Balaban J connectivity index is 1.40. The number of amides is 1. The molecule has 0 bridgehead atoms. The molecule has 0 spiro atoms. The Bertz CT molecular complexity index is 825. The fourth-order valence-electron chi connectivity index (χ4n) is 3.16. The third-order valence-corrected chi connectivity index (χ3v) is 4.61. The van der Waals surface area contributed by atoms with E-state index >= 15 is 0 Å². The van der Waals surface area contributed by atoms with Crippen molar-refractivity contribution in [1.82, 2.24) is 0 Å². The van der Waals surface area contributed by atoms with Crippen LogP contribution >= 0.6 is 0 Å². The van der Waals surface area contributed by atoms with Crippen molar-refractivity contribution < 1.29 is 4.79 Å². The van der Waals surface area contributed by atoms with E-state index in [1.807, 2.05) is 60.7 Å². The van der Waals surface area contributed by atoms with Crippen molar-refractivity contribution in [3.63, 3.8) is 0 Å². The molecular weight excluding hydrogens is 294 g/mol. The highest BCUT2D eigenvalue weighted by Crippen LogP contribution is 2.47. The van der Waals surface area contributed by atoms with Crippen LogP contribution in [0.2, 0.25) is 0 Å². The van der Waals surface area contributed by atoms with Gasteiger partial charge < -0.3 is 5.32 Å². The first-order valence-corrected chi connectivity index (χ1v) is 8.32. The molecule has 0 unspecified atom stereocenters. The molecule has 1 N–H and O–H groups in total. The fraction of sp³-hybridized carbons (Fsp3) is 0.136. The summed E-state index contributed by atoms with van der Waals surface area (Å²) in [4.78, 5) is 12.4. The van der Waals surface area contributed by atoms with Crippen molar-refractivity contribution >= 4 is 11.6 Å². The molecule has 1 aliphatic rings. The van der Waals surface area contributed by atoms with E-state index in [0.29, 0.717) is 5.92 Å². The lowest BCUT2D eigenvalue weighted by Gasteiger charge is -2.07. The first-order valence-electron chi connectivity index (χ1n) is 8.32. The molecule has 2 heteroatoms. The Labute approximate surface area is 142 Å². The van der Waals surface area contributed by atoms with Crippen molar-refractivity contribution in [2.24, 2.45) is 5.92 Å². The van der Waals surface area contributed by atoms with Gasteiger partial charge in [0.1, 0.15) is 0 Å². The van der Waals surface area contributed by atoms with Gasteiger partial charge in [0, 0.05) is 11.6 Å². The average Bonchev–Trinajstić information content (AvgIpc) is 3.45. The van der Waals surface area contributed by atoms with Crippen LogP contribution in [-0.2, 0) is 4.79 Å². The lowest BCUT2D eigenvalue weighted by atomic mass is 10.1. The first kappa shape index (κ1) is 14.7. The Hall–Kier alpha value is -2.87. The summed E-state index contributed by atoms with van der Waals surface area (Å²) in [6.45, 7) is 0. The van der Waals surface area contributed by atoms with E-state index in [-0.39, 0.29) is 11.8 Å². The van der Waals surface area contributed by atoms with Crippen LogP contribution in [0.5, 0.6) is 0 Å². The molecule has 0 saturated heterocycles. The maximum absolute atomic E-state index is 12.4. The van der Waals surface area contributed by atoms with Gasteiger partial charge in [0.25, 0.3) is 0 Å². The molecule has 1 aliphatic carbocycles. The summed E-state index contributed by atoms with van der Waals surface area (Å²) in [7, 11) is 0. The number of rotatable bonds is 4. The average molecular weight is 313 g/mol. The van der Waals surface area contributed by atoms with Crippen LogP contribution in [0.3, 0.4) is 0 Å². The fourth-order valence-corrected chi connectivity index (χ4v) is 3.16. The van der Waals surface area contributed by atoms with Crippen molar-refractivity contribution in [3.8, 4) is 11.1 Å². The van der Waals surface area contributed by atoms with Gasteiger partial charge in [-0.15, -0.1) is 0 Å². The minimum Gasteiger partial charge on any atom is -0.326 e. The van der Waals surface area contributed by atoms with Gasteiger partial charge >= 0.3 is 0 Å². The lowest BCUT2D eigenvalue weighted by Crippen LogP contribution is -2.14. The van der Waals surface area contributed by atoms with E-state index in [1.54, 1.807) is 0 Å². The summed E-state index contributed by atoms with van der Waals surface area (Å²) in [5.41, 5.74) is 4.46. The molecule has 2 atom stereocenters. The van der Waals surface area contributed by atoms with E-state index in [4.69, 9.17) is 0 Å². The number of anilines is 1. The van der Waals surface area contributed by atoms with E-state index in [2.05, 4.69) is 29.6 Å². The predicted molar refractivity (Wildman–Crippen MR) is 97.8 cm³/mol. The molecule has 2 nitrogen and oxygen atoms in total. The first-order chi connectivity index (χ1) is 11.8. The maximum Gasteiger partial charge on any atom is 0.228 e. The summed E-state index contributed by atoms with van der Waals surface area (Å²) in [5.74, 6) is 0.590. The highest BCUT2D eigenvalue weighted by Gasteiger charge is 2.43. The van der Waals surface area contributed by atoms with Gasteiger partial charge in [-0.2, -0.15) is 0 Å². The van der Waals surface area contributed by atoms with E-state index in [1.165, 1.54) is 11.1 Å². The van der Waals surface area contributed by atoms with Gasteiger partial charge in [0.05, 0.1) is 0 Å². The zero-order valence-corrected chi connectivity index (χ0v) is 13.4. The van der Waals surface area contributed by atoms with Crippen LogP contribution in [0.4, 0.5) is 5.69 Å². The van der Waals surface area contributed by atoms with Crippen LogP contribution in [0.25, 0.3) is 11.1 Å². The smallest absolute Gasteiger partial charge is 0.228 e. The summed E-state index contributed by atoms with van der Waals surface area (Å²) < 4.78 is 0. The maximum atomic E-state index is 12.4. The van der Waals surface area contributed by atoms with E-state index in [0.717, 1.165) is 17.7 Å². The van der Waals surface area contributed by atoms with Crippen LogP contribution in [0.1, 0.15) is 17.9 Å². The molecule has 0 aromatic heterocycles. The van der Waals surface area contributed by atoms with Crippen LogP contribution in [-0.4, -0.2) is 5.91 Å². The largest absolute Gasteiger partial charge is 0.326 e. The van der Waals surface area contributed by atoms with Crippen molar-refractivity contribution in [2.75, 3.05) is 5.32 Å². The monoisotopic (exact) mass is 313 g/mol. The number of benzene rings is 3. The molecule has 1 fully saturated rings. The van der Waals surface area contributed by atoms with E-state index < -0.39 is 0 Å². The van der Waals surface area contributed by atoms with Gasteiger partial charge in [-0.3, -0.25) is 4.79 Å². The molecule has 3 aromatic carbocycles. The summed E-state index contributed by atoms with van der Waals surface area (Å²) in [6, 6.07) is 28.6. The third-order valence-electron chi connectivity index (χ3n) is 4.61. The summed E-state index contributed by atoms with van der Waals surface area (Å²) in [6.07, 6.45) is 0.942. The van der Waals surface area contributed by atoms with Crippen molar-refractivity contribution in [2.45, 2.75) is 12.3 Å². The van der Waals surface area contributed by atoms with Crippen LogP contribution in [0, 0.1) is 5.92 Å². The third kappa shape index (κ3) is 3.09. The second kappa shape index (κ2) is 6.32.